The van der Waals surface area contributed by atoms with E-state index in [0.29, 0.717) is 0 Å². The van der Waals surface area contributed by atoms with Gasteiger partial charge in [-0.2, -0.15) is 5.10 Å². The Labute approximate surface area is 102 Å². The quantitative estimate of drug-likeness (QED) is 0.875. The minimum Gasteiger partial charge on any atom is -0.309 e. The van der Waals surface area contributed by atoms with Gasteiger partial charge in [-0.15, -0.1) is 0 Å². The van der Waals surface area contributed by atoms with E-state index in [1.807, 2.05) is 25.0 Å². The van der Waals surface area contributed by atoms with Crippen molar-refractivity contribution in [2.45, 2.75) is 19.9 Å². The Morgan fingerprint density at radius 3 is 2.29 bits per heavy atom. The van der Waals surface area contributed by atoms with Crippen molar-refractivity contribution in [3.05, 3.63) is 52.8 Å². The molecule has 1 atom stereocenters. The lowest BCUT2D eigenvalue weighted by Gasteiger charge is -2.16. The summed E-state index contributed by atoms with van der Waals surface area (Å²) in [5, 5.41) is 7.66. The molecule has 0 fully saturated rings. The second kappa shape index (κ2) is 4.72. The third-order valence-electron chi connectivity index (χ3n) is 3.28. The molecule has 3 nitrogen and oxygen atoms in total. The van der Waals surface area contributed by atoms with E-state index in [0.717, 1.165) is 0 Å². The first kappa shape index (κ1) is 11.9. The normalized spacial score (nSPS) is 12.7. The lowest BCUT2D eigenvalue weighted by atomic mass is 9.99. The van der Waals surface area contributed by atoms with Crippen LogP contribution in [-0.4, -0.2) is 16.8 Å². The molecule has 0 amide bonds. The highest BCUT2D eigenvalue weighted by Gasteiger charge is 2.16. The summed E-state index contributed by atoms with van der Waals surface area (Å²) in [5.74, 6) is 0. The number of hydrogen-bond acceptors (Lipinski definition) is 2. The van der Waals surface area contributed by atoms with Crippen LogP contribution in [0, 0.1) is 13.8 Å². The number of aromatic nitrogens is 2. The molecule has 0 aliphatic heterocycles. The van der Waals surface area contributed by atoms with Gasteiger partial charge >= 0.3 is 0 Å². The predicted octanol–water partition coefficient (Wildman–Crippen LogP) is 2.35. The number of rotatable bonds is 3. The maximum absolute atomic E-state index is 4.30. The van der Waals surface area contributed by atoms with Crippen LogP contribution in [0.1, 0.15) is 28.4 Å². The molecule has 0 saturated carbocycles. The summed E-state index contributed by atoms with van der Waals surface area (Å²) in [5.41, 5.74) is 4.99. The molecule has 1 aromatic carbocycles. The molecule has 0 aliphatic rings. The molecule has 2 rings (SSSR count). The summed E-state index contributed by atoms with van der Waals surface area (Å²) >= 11 is 0. The zero-order valence-corrected chi connectivity index (χ0v) is 10.9. The van der Waals surface area contributed by atoms with E-state index in [1.165, 1.54) is 22.4 Å². The Morgan fingerprint density at radius 2 is 1.82 bits per heavy atom. The predicted molar refractivity (Wildman–Crippen MR) is 70.0 cm³/mol. The maximum atomic E-state index is 4.30. The number of hydrogen-bond donors (Lipinski definition) is 1. The third-order valence-corrected chi connectivity index (χ3v) is 3.28. The largest absolute Gasteiger partial charge is 0.309 e. The minimum absolute atomic E-state index is 0.212. The second-order valence-corrected chi connectivity index (χ2v) is 4.44. The van der Waals surface area contributed by atoms with Crippen LogP contribution in [0.15, 0.2) is 30.5 Å². The molecule has 1 aromatic heterocycles. The third kappa shape index (κ3) is 2.24. The first-order valence-corrected chi connectivity index (χ1v) is 5.86. The van der Waals surface area contributed by atoms with Gasteiger partial charge in [0.05, 0.1) is 12.2 Å². The van der Waals surface area contributed by atoms with Crippen LogP contribution in [0.5, 0.6) is 0 Å². The average molecular weight is 229 g/mol. The van der Waals surface area contributed by atoms with Crippen molar-refractivity contribution in [1.82, 2.24) is 15.1 Å². The van der Waals surface area contributed by atoms with E-state index in [9.17, 15) is 0 Å². The van der Waals surface area contributed by atoms with E-state index in [-0.39, 0.29) is 6.04 Å². The fourth-order valence-electron chi connectivity index (χ4n) is 2.06. The van der Waals surface area contributed by atoms with Crippen molar-refractivity contribution in [2.24, 2.45) is 7.05 Å². The average Bonchev–Trinajstić information content (AvgIpc) is 2.65. The molecule has 0 aliphatic carbocycles. The first-order chi connectivity index (χ1) is 8.13. The molecule has 17 heavy (non-hydrogen) atoms. The zero-order valence-electron chi connectivity index (χ0n) is 10.9. The molecular formula is C14H19N3. The van der Waals surface area contributed by atoms with Crippen molar-refractivity contribution >= 4 is 0 Å². The van der Waals surface area contributed by atoms with Crippen LogP contribution >= 0.6 is 0 Å². The Morgan fingerprint density at radius 1 is 1.18 bits per heavy atom. The van der Waals surface area contributed by atoms with Gasteiger partial charge in [-0.1, -0.05) is 29.8 Å². The van der Waals surface area contributed by atoms with Gasteiger partial charge in [0.2, 0.25) is 0 Å². The summed E-state index contributed by atoms with van der Waals surface area (Å²) in [6, 6.07) is 8.84. The molecule has 0 radical (unpaired) electrons. The highest BCUT2D eigenvalue weighted by Crippen LogP contribution is 2.24. The van der Waals surface area contributed by atoms with Gasteiger partial charge < -0.3 is 5.32 Å². The van der Waals surface area contributed by atoms with Crippen LogP contribution in [-0.2, 0) is 7.05 Å². The van der Waals surface area contributed by atoms with Crippen LogP contribution in [0.4, 0.5) is 0 Å². The summed E-state index contributed by atoms with van der Waals surface area (Å²) in [7, 11) is 3.96. The Hall–Kier alpha value is -1.61. The second-order valence-electron chi connectivity index (χ2n) is 4.44. The lowest BCUT2D eigenvalue weighted by Crippen LogP contribution is -2.18. The maximum Gasteiger partial charge on any atom is 0.0608 e. The number of nitrogens with zero attached hydrogens (tertiary/aromatic N) is 2. The Bertz CT molecular complexity index is 497. The molecular weight excluding hydrogens is 210 g/mol. The smallest absolute Gasteiger partial charge is 0.0608 e. The monoisotopic (exact) mass is 229 g/mol. The van der Waals surface area contributed by atoms with E-state index >= 15 is 0 Å². The first-order valence-electron chi connectivity index (χ1n) is 5.86. The molecule has 1 heterocycles. The number of benzene rings is 1. The van der Waals surface area contributed by atoms with Gasteiger partial charge in [-0.3, -0.25) is 4.68 Å². The fraction of sp³-hybridized carbons (Fsp3) is 0.357. The van der Waals surface area contributed by atoms with Crippen LogP contribution < -0.4 is 5.32 Å². The SMILES string of the molecule is CNC(c1ccc(C)cc1)c1cnn(C)c1C. The zero-order chi connectivity index (χ0) is 12.4. The molecule has 3 heteroatoms. The molecule has 0 saturated heterocycles. The van der Waals surface area contributed by atoms with Gasteiger partial charge in [0.15, 0.2) is 0 Å². The Kier molecular flexibility index (Phi) is 3.29. The van der Waals surface area contributed by atoms with Crippen molar-refractivity contribution < 1.29 is 0 Å². The molecule has 90 valence electrons. The molecule has 0 spiro atoms. The standard InChI is InChI=1S/C14H19N3/c1-10-5-7-12(8-6-10)14(15-3)13-9-16-17(4)11(13)2/h5-9,14-15H,1-4H3. The summed E-state index contributed by atoms with van der Waals surface area (Å²) in [6.07, 6.45) is 1.94. The van der Waals surface area contributed by atoms with Crippen LogP contribution in [0.3, 0.4) is 0 Å². The van der Waals surface area contributed by atoms with Gasteiger partial charge in [0.1, 0.15) is 0 Å². The molecule has 1 unspecified atom stereocenters. The van der Waals surface area contributed by atoms with Crippen LogP contribution in [0.2, 0.25) is 0 Å². The van der Waals surface area contributed by atoms with Gasteiger partial charge in [-0.05, 0) is 26.5 Å². The van der Waals surface area contributed by atoms with E-state index in [4.69, 9.17) is 0 Å². The Balaban J connectivity index is 2.40. The van der Waals surface area contributed by atoms with Gasteiger partial charge in [-0.25, -0.2) is 0 Å². The summed E-state index contributed by atoms with van der Waals surface area (Å²) < 4.78 is 1.91. The van der Waals surface area contributed by atoms with E-state index in [1.54, 1.807) is 0 Å². The summed E-state index contributed by atoms with van der Waals surface area (Å²) in [6.45, 7) is 4.20. The van der Waals surface area contributed by atoms with Gasteiger partial charge in [0.25, 0.3) is 0 Å². The van der Waals surface area contributed by atoms with Crippen molar-refractivity contribution in [1.29, 1.82) is 0 Å². The number of aryl methyl sites for hydroxylation is 2. The van der Waals surface area contributed by atoms with Crippen molar-refractivity contribution in [3.8, 4) is 0 Å². The topological polar surface area (TPSA) is 29.9 Å². The highest BCUT2D eigenvalue weighted by atomic mass is 15.3. The fourth-order valence-corrected chi connectivity index (χ4v) is 2.06. The minimum atomic E-state index is 0.212. The van der Waals surface area contributed by atoms with Gasteiger partial charge in [0, 0.05) is 18.3 Å². The molecule has 2 aromatic rings. The molecule has 1 N–H and O–H groups in total. The number of nitrogens with one attached hydrogen (secondary N) is 1. The molecule has 0 bridgehead atoms. The van der Waals surface area contributed by atoms with Crippen LogP contribution in [0.25, 0.3) is 0 Å². The summed E-state index contributed by atoms with van der Waals surface area (Å²) in [4.78, 5) is 0. The van der Waals surface area contributed by atoms with Crippen molar-refractivity contribution in [3.63, 3.8) is 0 Å². The van der Waals surface area contributed by atoms with E-state index in [2.05, 4.69) is 48.5 Å². The van der Waals surface area contributed by atoms with E-state index < -0.39 is 0 Å². The highest BCUT2D eigenvalue weighted by molar-refractivity contribution is 5.34. The lowest BCUT2D eigenvalue weighted by molar-refractivity contribution is 0.679. The van der Waals surface area contributed by atoms with Crippen molar-refractivity contribution in [2.75, 3.05) is 7.05 Å².